The van der Waals surface area contributed by atoms with Crippen molar-refractivity contribution in [1.29, 1.82) is 0 Å². The molecular formula is C13H18O4S. The van der Waals surface area contributed by atoms with Crippen molar-refractivity contribution in [3.8, 4) is 11.5 Å². The van der Waals surface area contributed by atoms with E-state index in [-0.39, 0.29) is 5.56 Å². The number of benzene rings is 1. The Hall–Kier alpha value is -1.36. The van der Waals surface area contributed by atoms with Gasteiger partial charge in [0.25, 0.3) is 0 Å². The van der Waals surface area contributed by atoms with Crippen LogP contribution in [0.3, 0.4) is 0 Å². The van der Waals surface area contributed by atoms with Crippen LogP contribution in [0.15, 0.2) is 18.2 Å². The molecule has 0 atom stereocenters. The molecular weight excluding hydrogens is 252 g/mol. The minimum Gasteiger partial charge on any atom is -0.490 e. The van der Waals surface area contributed by atoms with E-state index in [1.165, 1.54) is 12.1 Å². The molecule has 0 aliphatic carbocycles. The topological polar surface area (TPSA) is 55.8 Å². The Balaban J connectivity index is 2.73. The summed E-state index contributed by atoms with van der Waals surface area (Å²) in [6.07, 6.45) is 3.00. The van der Waals surface area contributed by atoms with Crippen LogP contribution in [0.5, 0.6) is 11.5 Å². The van der Waals surface area contributed by atoms with Gasteiger partial charge in [-0.2, -0.15) is 11.8 Å². The Morgan fingerprint density at radius 2 is 2.11 bits per heavy atom. The van der Waals surface area contributed by atoms with Gasteiger partial charge in [-0.1, -0.05) is 0 Å². The maximum absolute atomic E-state index is 10.9. The Labute approximate surface area is 111 Å². The van der Waals surface area contributed by atoms with Crippen molar-refractivity contribution in [3.05, 3.63) is 23.8 Å². The van der Waals surface area contributed by atoms with Gasteiger partial charge in [0.05, 0.1) is 18.8 Å². The van der Waals surface area contributed by atoms with Gasteiger partial charge in [0, 0.05) is 0 Å². The normalized spacial score (nSPS) is 10.1. The lowest BCUT2D eigenvalue weighted by molar-refractivity contribution is 0.0696. The maximum Gasteiger partial charge on any atom is 0.335 e. The summed E-state index contributed by atoms with van der Waals surface area (Å²) in [6, 6.07) is 4.66. The summed E-state index contributed by atoms with van der Waals surface area (Å²) < 4.78 is 11.0. The van der Waals surface area contributed by atoms with E-state index >= 15 is 0 Å². The quantitative estimate of drug-likeness (QED) is 0.736. The van der Waals surface area contributed by atoms with Gasteiger partial charge in [0.2, 0.25) is 0 Å². The number of hydrogen-bond donors (Lipinski definition) is 1. The van der Waals surface area contributed by atoms with E-state index in [0.717, 1.165) is 12.2 Å². The fourth-order valence-corrected chi connectivity index (χ4v) is 1.82. The zero-order valence-electron chi connectivity index (χ0n) is 10.6. The minimum atomic E-state index is -0.968. The molecule has 0 aliphatic heterocycles. The van der Waals surface area contributed by atoms with Crippen LogP contribution in [0.2, 0.25) is 0 Å². The molecule has 0 spiro atoms. The van der Waals surface area contributed by atoms with Crippen molar-refractivity contribution in [2.24, 2.45) is 0 Å². The van der Waals surface area contributed by atoms with E-state index in [1.807, 2.05) is 13.2 Å². The number of ether oxygens (including phenoxy) is 2. The lowest BCUT2D eigenvalue weighted by Gasteiger charge is -2.12. The first-order chi connectivity index (χ1) is 8.69. The van der Waals surface area contributed by atoms with E-state index in [1.54, 1.807) is 17.8 Å². The largest absolute Gasteiger partial charge is 0.490 e. The third-order valence-electron chi connectivity index (χ3n) is 2.24. The summed E-state index contributed by atoms with van der Waals surface area (Å²) in [5.74, 6) is 1.16. The molecule has 0 aliphatic rings. The van der Waals surface area contributed by atoms with Crippen molar-refractivity contribution >= 4 is 17.7 Å². The molecule has 0 unspecified atom stereocenters. The molecule has 1 N–H and O–H groups in total. The number of carboxylic acid groups (broad SMARTS) is 1. The summed E-state index contributed by atoms with van der Waals surface area (Å²) in [6.45, 7) is 2.93. The molecule has 0 bridgehead atoms. The number of rotatable bonds is 8. The van der Waals surface area contributed by atoms with E-state index in [9.17, 15) is 4.79 Å². The van der Waals surface area contributed by atoms with Gasteiger partial charge in [0.1, 0.15) is 0 Å². The molecule has 4 nitrogen and oxygen atoms in total. The molecule has 0 amide bonds. The van der Waals surface area contributed by atoms with Gasteiger partial charge in [0.15, 0.2) is 11.5 Å². The predicted octanol–water partition coefficient (Wildman–Crippen LogP) is 2.92. The summed E-state index contributed by atoms with van der Waals surface area (Å²) in [7, 11) is 0. The van der Waals surface area contributed by atoms with Crippen LogP contribution in [-0.2, 0) is 0 Å². The first-order valence-corrected chi connectivity index (χ1v) is 7.20. The van der Waals surface area contributed by atoms with Gasteiger partial charge >= 0.3 is 5.97 Å². The average Bonchev–Trinajstić information content (AvgIpc) is 2.36. The zero-order chi connectivity index (χ0) is 13.4. The second kappa shape index (κ2) is 7.87. The lowest BCUT2D eigenvalue weighted by Crippen LogP contribution is -2.04. The lowest BCUT2D eigenvalue weighted by atomic mass is 10.2. The molecule has 1 rings (SSSR count). The van der Waals surface area contributed by atoms with Crippen molar-refractivity contribution in [2.75, 3.05) is 25.2 Å². The van der Waals surface area contributed by atoms with Gasteiger partial charge in [-0.05, 0) is 43.6 Å². The highest BCUT2D eigenvalue weighted by Crippen LogP contribution is 2.28. The highest BCUT2D eigenvalue weighted by atomic mass is 32.2. The van der Waals surface area contributed by atoms with Crippen molar-refractivity contribution in [1.82, 2.24) is 0 Å². The molecule has 100 valence electrons. The minimum absolute atomic E-state index is 0.204. The molecule has 0 saturated carbocycles. The number of carbonyl (C=O) groups is 1. The second-order valence-corrected chi connectivity index (χ2v) is 4.58. The molecule has 0 fully saturated rings. The van der Waals surface area contributed by atoms with Crippen LogP contribution in [0.25, 0.3) is 0 Å². The predicted molar refractivity (Wildman–Crippen MR) is 73.1 cm³/mol. The Bertz CT molecular complexity index is 393. The van der Waals surface area contributed by atoms with Crippen LogP contribution < -0.4 is 9.47 Å². The molecule has 1 aromatic carbocycles. The molecule has 0 aromatic heterocycles. The van der Waals surface area contributed by atoms with Gasteiger partial charge in [-0.25, -0.2) is 4.79 Å². The molecule has 5 heteroatoms. The zero-order valence-corrected chi connectivity index (χ0v) is 11.5. The SMILES string of the molecule is CCOc1cc(C(=O)O)ccc1OCCCSC. The molecule has 0 heterocycles. The van der Waals surface area contributed by atoms with Crippen LogP contribution in [0.1, 0.15) is 23.7 Å². The van der Waals surface area contributed by atoms with Gasteiger partial charge < -0.3 is 14.6 Å². The fourth-order valence-electron chi connectivity index (χ4n) is 1.41. The standard InChI is InChI=1S/C13H18O4S/c1-3-16-12-9-10(13(14)15)5-6-11(12)17-7-4-8-18-2/h5-6,9H,3-4,7-8H2,1-2H3,(H,14,15). The summed E-state index contributed by atoms with van der Waals surface area (Å²) in [5.41, 5.74) is 0.204. The van der Waals surface area contributed by atoms with Crippen LogP contribution in [-0.4, -0.2) is 36.3 Å². The molecule has 0 radical (unpaired) electrons. The number of aromatic carboxylic acids is 1. The third-order valence-corrected chi connectivity index (χ3v) is 2.94. The fraction of sp³-hybridized carbons (Fsp3) is 0.462. The van der Waals surface area contributed by atoms with E-state index in [4.69, 9.17) is 14.6 Å². The first kappa shape index (κ1) is 14.7. The van der Waals surface area contributed by atoms with Crippen LogP contribution in [0, 0.1) is 0 Å². The van der Waals surface area contributed by atoms with Gasteiger partial charge in [-0.15, -0.1) is 0 Å². The van der Waals surface area contributed by atoms with Gasteiger partial charge in [-0.3, -0.25) is 0 Å². The molecule has 1 aromatic rings. The van der Waals surface area contributed by atoms with Crippen molar-refractivity contribution in [2.45, 2.75) is 13.3 Å². The first-order valence-electron chi connectivity index (χ1n) is 5.81. The van der Waals surface area contributed by atoms with Crippen molar-refractivity contribution < 1.29 is 19.4 Å². The average molecular weight is 270 g/mol. The smallest absolute Gasteiger partial charge is 0.335 e. The van der Waals surface area contributed by atoms with Crippen molar-refractivity contribution in [3.63, 3.8) is 0 Å². The van der Waals surface area contributed by atoms with Crippen LogP contribution >= 0.6 is 11.8 Å². The van der Waals surface area contributed by atoms with E-state index in [2.05, 4.69) is 0 Å². The Morgan fingerprint density at radius 1 is 1.33 bits per heavy atom. The number of hydrogen-bond acceptors (Lipinski definition) is 4. The summed E-state index contributed by atoms with van der Waals surface area (Å²) in [4.78, 5) is 10.9. The Kier molecular flexibility index (Phi) is 6.43. The maximum atomic E-state index is 10.9. The highest BCUT2D eigenvalue weighted by Gasteiger charge is 2.10. The third kappa shape index (κ3) is 4.49. The monoisotopic (exact) mass is 270 g/mol. The molecule has 0 saturated heterocycles. The van der Waals surface area contributed by atoms with E-state index < -0.39 is 5.97 Å². The second-order valence-electron chi connectivity index (χ2n) is 3.59. The molecule has 18 heavy (non-hydrogen) atoms. The summed E-state index contributed by atoms with van der Waals surface area (Å²) >= 11 is 1.77. The Morgan fingerprint density at radius 3 is 2.72 bits per heavy atom. The highest BCUT2D eigenvalue weighted by molar-refractivity contribution is 7.98. The number of carboxylic acids is 1. The summed E-state index contributed by atoms with van der Waals surface area (Å²) in [5, 5.41) is 8.92. The van der Waals surface area contributed by atoms with E-state index in [0.29, 0.717) is 24.7 Å². The number of thioether (sulfide) groups is 1. The van der Waals surface area contributed by atoms with Crippen LogP contribution in [0.4, 0.5) is 0 Å².